The van der Waals surface area contributed by atoms with E-state index in [1.165, 1.54) is 0 Å². The lowest BCUT2D eigenvalue weighted by Gasteiger charge is -2.23. The van der Waals surface area contributed by atoms with E-state index in [4.69, 9.17) is 9.47 Å². The van der Waals surface area contributed by atoms with Crippen molar-refractivity contribution in [2.45, 2.75) is 26.0 Å². The number of hydrogen-bond donors (Lipinski definition) is 0. The van der Waals surface area contributed by atoms with E-state index in [0.717, 1.165) is 5.82 Å². The van der Waals surface area contributed by atoms with Gasteiger partial charge in [-0.1, -0.05) is 0 Å². The zero-order valence-electron chi connectivity index (χ0n) is 8.51. The molecule has 1 fully saturated rings. The van der Waals surface area contributed by atoms with Crippen LogP contribution in [0.4, 0.5) is 0 Å². The highest BCUT2D eigenvalue weighted by molar-refractivity contribution is 4.94. The fourth-order valence-electron chi connectivity index (χ4n) is 1.52. The molecule has 1 unspecified atom stereocenters. The van der Waals surface area contributed by atoms with Crippen molar-refractivity contribution in [3.63, 3.8) is 0 Å². The van der Waals surface area contributed by atoms with Gasteiger partial charge in [0.25, 0.3) is 0 Å². The van der Waals surface area contributed by atoms with Crippen LogP contribution in [0.5, 0.6) is 0 Å². The van der Waals surface area contributed by atoms with Gasteiger partial charge in [0.2, 0.25) is 0 Å². The Kier molecular flexibility index (Phi) is 2.79. The van der Waals surface area contributed by atoms with Crippen molar-refractivity contribution in [2.75, 3.05) is 19.8 Å². The molecule has 0 amide bonds. The highest BCUT2D eigenvalue weighted by Crippen LogP contribution is 2.20. The minimum absolute atomic E-state index is 0.0614. The third-order valence-electron chi connectivity index (χ3n) is 2.26. The summed E-state index contributed by atoms with van der Waals surface area (Å²) in [6, 6.07) is 0.352. The van der Waals surface area contributed by atoms with Crippen molar-refractivity contribution in [1.29, 1.82) is 0 Å². The summed E-state index contributed by atoms with van der Waals surface area (Å²) in [5.41, 5.74) is 0. The van der Waals surface area contributed by atoms with Crippen molar-refractivity contribution >= 4 is 0 Å². The van der Waals surface area contributed by atoms with E-state index in [-0.39, 0.29) is 6.10 Å². The number of nitrogens with zero attached hydrogens (tertiary/aromatic N) is 3. The minimum atomic E-state index is -0.0614. The van der Waals surface area contributed by atoms with Crippen molar-refractivity contribution in [2.24, 2.45) is 0 Å². The first kappa shape index (κ1) is 9.61. The molecule has 1 aromatic heterocycles. The Morgan fingerprint density at radius 3 is 3.00 bits per heavy atom. The summed E-state index contributed by atoms with van der Waals surface area (Å²) in [5, 5.41) is 7.97. The lowest BCUT2D eigenvalue weighted by atomic mass is 10.3. The SMILES string of the molecule is CC(C)n1cnnc1C1COCCO1. The topological polar surface area (TPSA) is 49.2 Å². The van der Waals surface area contributed by atoms with Gasteiger partial charge in [0.05, 0.1) is 19.8 Å². The molecule has 0 N–H and O–H groups in total. The van der Waals surface area contributed by atoms with Crippen LogP contribution in [0.25, 0.3) is 0 Å². The average Bonchev–Trinajstić information content (AvgIpc) is 2.67. The Hall–Kier alpha value is -0.940. The summed E-state index contributed by atoms with van der Waals surface area (Å²) in [6.07, 6.45) is 1.67. The summed E-state index contributed by atoms with van der Waals surface area (Å²) >= 11 is 0. The molecule has 0 aliphatic carbocycles. The summed E-state index contributed by atoms with van der Waals surface area (Å²) in [5.74, 6) is 0.861. The first-order valence-corrected chi connectivity index (χ1v) is 4.88. The van der Waals surface area contributed by atoms with Crippen LogP contribution in [0.2, 0.25) is 0 Å². The smallest absolute Gasteiger partial charge is 0.164 e. The molecule has 1 aromatic rings. The fraction of sp³-hybridized carbons (Fsp3) is 0.778. The Balaban J connectivity index is 2.17. The monoisotopic (exact) mass is 197 g/mol. The Morgan fingerprint density at radius 1 is 1.50 bits per heavy atom. The molecule has 1 saturated heterocycles. The van der Waals surface area contributed by atoms with E-state index in [0.29, 0.717) is 25.9 Å². The molecule has 0 bridgehead atoms. The molecule has 2 heterocycles. The summed E-state index contributed by atoms with van der Waals surface area (Å²) in [6.45, 7) is 6.07. The molecule has 0 aromatic carbocycles. The van der Waals surface area contributed by atoms with Gasteiger partial charge < -0.3 is 14.0 Å². The number of hydrogen-bond acceptors (Lipinski definition) is 4. The molecule has 2 rings (SSSR count). The van der Waals surface area contributed by atoms with E-state index in [1.54, 1.807) is 6.33 Å². The van der Waals surface area contributed by atoms with Crippen molar-refractivity contribution < 1.29 is 9.47 Å². The van der Waals surface area contributed by atoms with Crippen molar-refractivity contribution in [1.82, 2.24) is 14.8 Å². The maximum atomic E-state index is 5.56. The first-order chi connectivity index (χ1) is 6.79. The summed E-state index contributed by atoms with van der Waals surface area (Å²) in [7, 11) is 0. The molecule has 14 heavy (non-hydrogen) atoms. The van der Waals surface area contributed by atoms with Gasteiger partial charge in [-0.25, -0.2) is 0 Å². The van der Waals surface area contributed by atoms with Crippen LogP contribution in [0.15, 0.2) is 6.33 Å². The second-order valence-electron chi connectivity index (χ2n) is 3.62. The fourth-order valence-corrected chi connectivity index (χ4v) is 1.52. The van der Waals surface area contributed by atoms with E-state index in [9.17, 15) is 0 Å². The molecule has 0 saturated carbocycles. The van der Waals surface area contributed by atoms with Crippen molar-refractivity contribution in [3.05, 3.63) is 12.2 Å². The third-order valence-corrected chi connectivity index (χ3v) is 2.26. The van der Waals surface area contributed by atoms with Crippen LogP contribution < -0.4 is 0 Å². The van der Waals surface area contributed by atoms with Crippen LogP contribution in [-0.2, 0) is 9.47 Å². The predicted octanol–water partition coefficient (Wildman–Crippen LogP) is 0.947. The maximum absolute atomic E-state index is 5.56. The van der Waals surface area contributed by atoms with Crippen LogP contribution in [-0.4, -0.2) is 34.6 Å². The lowest BCUT2D eigenvalue weighted by Crippen LogP contribution is -2.25. The molecule has 5 heteroatoms. The van der Waals surface area contributed by atoms with Gasteiger partial charge in [-0.15, -0.1) is 10.2 Å². The van der Waals surface area contributed by atoms with Crippen LogP contribution in [0.3, 0.4) is 0 Å². The van der Waals surface area contributed by atoms with Gasteiger partial charge in [0, 0.05) is 6.04 Å². The minimum Gasteiger partial charge on any atom is -0.376 e. The van der Waals surface area contributed by atoms with E-state index in [1.807, 2.05) is 4.57 Å². The molecule has 1 atom stereocenters. The molecular formula is C9H15N3O2. The highest BCUT2D eigenvalue weighted by atomic mass is 16.6. The largest absolute Gasteiger partial charge is 0.376 e. The zero-order chi connectivity index (χ0) is 9.97. The number of ether oxygens (including phenoxy) is 2. The first-order valence-electron chi connectivity index (χ1n) is 4.88. The summed E-state index contributed by atoms with van der Waals surface area (Å²) < 4.78 is 12.9. The average molecular weight is 197 g/mol. The molecule has 5 nitrogen and oxygen atoms in total. The number of rotatable bonds is 2. The molecule has 0 radical (unpaired) electrons. The van der Waals surface area contributed by atoms with Crippen LogP contribution in [0.1, 0.15) is 31.8 Å². The van der Waals surface area contributed by atoms with Crippen molar-refractivity contribution in [3.8, 4) is 0 Å². The van der Waals surface area contributed by atoms with Gasteiger partial charge in [0.1, 0.15) is 12.4 Å². The second kappa shape index (κ2) is 4.06. The van der Waals surface area contributed by atoms with Gasteiger partial charge in [-0.05, 0) is 13.8 Å². The molecule has 1 aliphatic rings. The van der Waals surface area contributed by atoms with E-state index >= 15 is 0 Å². The third kappa shape index (κ3) is 1.78. The van der Waals surface area contributed by atoms with Gasteiger partial charge in [0.15, 0.2) is 5.82 Å². The standard InChI is InChI=1S/C9H15N3O2/c1-7(2)12-6-10-11-9(12)8-5-13-3-4-14-8/h6-8H,3-5H2,1-2H3. The Labute approximate surface area is 83.0 Å². The maximum Gasteiger partial charge on any atom is 0.164 e. The molecular weight excluding hydrogens is 182 g/mol. The van der Waals surface area contributed by atoms with E-state index in [2.05, 4.69) is 24.0 Å². The Morgan fingerprint density at radius 2 is 2.36 bits per heavy atom. The lowest BCUT2D eigenvalue weighted by molar-refractivity contribution is -0.0950. The zero-order valence-corrected chi connectivity index (χ0v) is 8.51. The quantitative estimate of drug-likeness (QED) is 0.708. The summed E-state index contributed by atoms with van der Waals surface area (Å²) in [4.78, 5) is 0. The van der Waals surface area contributed by atoms with Gasteiger partial charge in [-0.2, -0.15) is 0 Å². The Bertz CT molecular complexity index is 292. The number of aromatic nitrogens is 3. The van der Waals surface area contributed by atoms with E-state index < -0.39 is 0 Å². The molecule has 78 valence electrons. The van der Waals surface area contributed by atoms with Crippen LogP contribution >= 0.6 is 0 Å². The van der Waals surface area contributed by atoms with Gasteiger partial charge >= 0.3 is 0 Å². The molecule has 1 aliphatic heterocycles. The van der Waals surface area contributed by atoms with Gasteiger partial charge in [-0.3, -0.25) is 0 Å². The predicted molar refractivity (Wildman–Crippen MR) is 49.9 cm³/mol. The normalized spacial score (nSPS) is 22.9. The second-order valence-corrected chi connectivity index (χ2v) is 3.62. The van der Waals surface area contributed by atoms with Crippen LogP contribution in [0, 0.1) is 0 Å². The molecule has 0 spiro atoms. The highest BCUT2D eigenvalue weighted by Gasteiger charge is 2.22.